The number of nitrogens with zero attached hydrogens (tertiary/aromatic N) is 2. The number of hydrogen-bond acceptors (Lipinski definition) is 5. The van der Waals surface area contributed by atoms with Crippen molar-refractivity contribution in [2.75, 3.05) is 13.7 Å². The fraction of sp³-hybridized carbons (Fsp3) is 0.500. The zero-order chi connectivity index (χ0) is 17.0. The molecule has 1 aliphatic heterocycles. The summed E-state index contributed by atoms with van der Waals surface area (Å²) in [5.41, 5.74) is 0.945. The number of carbonyl (C=O) groups excluding carboxylic acids is 3. The van der Waals surface area contributed by atoms with E-state index in [1.165, 1.54) is 13.3 Å². The first kappa shape index (κ1) is 16.9. The number of pyridine rings is 1. The summed E-state index contributed by atoms with van der Waals surface area (Å²) in [6.07, 6.45) is 1.73. The van der Waals surface area contributed by atoms with E-state index in [1.54, 1.807) is 17.0 Å². The molecule has 1 N–H and O–H groups in total. The van der Waals surface area contributed by atoms with Gasteiger partial charge >= 0.3 is 5.97 Å². The number of ether oxygens (including phenoxy) is 1. The Balaban J connectivity index is 1.93. The number of methoxy groups -OCH3 is 1. The van der Waals surface area contributed by atoms with Gasteiger partial charge in [0.15, 0.2) is 0 Å². The second kappa shape index (κ2) is 7.21. The minimum atomic E-state index is -0.450. The number of amides is 2. The van der Waals surface area contributed by atoms with Crippen molar-refractivity contribution in [3.63, 3.8) is 0 Å². The average Bonchev–Trinajstić information content (AvgIpc) is 2.94. The van der Waals surface area contributed by atoms with Crippen LogP contribution in [-0.2, 0) is 20.9 Å². The number of carbonyl (C=O) groups is 3. The lowest BCUT2D eigenvalue weighted by molar-refractivity contribution is -0.130. The zero-order valence-corrected chi connectivity index (χ0v) is 13.5. The minimum Gasteiger partial charge on any atom is -0.465 e. The predicted molar refractivity (Wildman–Crippen MR) is 82.4 cm³/mol. The van der Waals surface area contributed by atoms with Gasteiger partial charge in [0.25, 0.3) is 0 Å². The molecule has 124 valence electrons. The molecule has 1 atom stereocenters. The van der Waals surface area contributed by atoms with Crippen molar-refractivity contribution in [3.05, 3.63) is 29.6 Å². The van der Waals surface area contributed by atoms with Crippen molar-refractivity contribution >= 4 is 17.8 Å². The highest BCUT2D eigenvalue weighted by atomic mass is 16.5. The largest absolute Gasteiger partial charge is 0.465 e. The van der Waals surface area contributed by atoms with Crippen LogP contribution in [-0.4, -0.2) is 47.4 Å². The van der Waals surface area contributed by atoms with Gasteiger partial charge in [0, 0.05) is 25.2 Å². The molecule has 0 aromatic carbocycles. The smallest absolute Gasteiger partial charge is 0.337 e. The number of aromatic nitrogens is 1. The molecule has 0 spiro atoms. The van der Waals surface area contributed by atoms with Gasteiger partial charge in [-0.1, -0.05) is 0 Å². The summed E-state index contributed by atoms with van der Waals surface area (Å²) in [5.74, 6) is -0.958. The molecule has 1 unspecified atom stereocenters. The molecule has 1 fully saturated rings. The standard InChI is InChI=1S/C16H21N3O4/c1-10(2)19-9-12(7-14(19)20)15(21)18-8-13-6-11(4-5-17-13)16(22)23-3/h4-6,10,12H,7-9H2,1-3H3,(H,18,21). The topological polar surface area (TPSA) is 88.6 Å². The van der Waals surface area contributed by atoms with E-state index in [0.717, 1.165) is 0 Å². The number of nitrogens with one attached hydrogen (secondary N) is 1. The number of likely N-dealkylation sites (tertiary alicyclic amines) is 1. The SMILES string of the molecule is COC(=O)c1ccnc(CNC(=O)C2CC(=O)N(C(C)C)C2)c1. The van der Waals surface area contributed by atoms with Crippen molar-refractivity contribution in [2.45, 2.75) is 32.9 Å². The predicted octanol–water partition coefficient (Wildman–Crippen LogP) is 0.741. The lowest BCUT2D eigenvalue weighted by Gasteiger charge is -2.20. The summed E-state index contributed by atoms with van der Waals surface area (Å²) >= 11 is 0. The number of rotatable bonds is 5. The van der Waals surface area contributed by atoms with E-state index in [0.29, 0.717) is 17.8 Å². The highest BCUT2D eigenvalue weighted by Crippen LogP contribution is 2.20. The molecule has 0 bridgehead atoms. The van der Waals surface area contributed by atoms with Crippen LogP contribution in [0.1, 0.15) is 36.3 Å². The maximum Gasteiger partial charge on any atom is 0.337 e. The summed E-state index contributed by atoms with van der Waals surface area (Å²) in [6.45, 7) is 4.51. The zero-order valence-electron chi connectivity index (χ0n) is 13.5. The highest BCUT2D eigenvalue weighted by Gasteiger charge is 2.35. The molecule has 0 saturated carbocycles. The summed E-state index contributed by atoms with van der Waals surface area (Å²) in [6, 6.07) is 3.22. The van der Waals surface area contributed by atoms with Gasteiger partial charge in [-0.3, -0.25) is 14.6 Å². The lowest BCUT2D eigenvalue weighted by atomic mass is 10.1. The van der Waals surface area contributed by atoms with Crippen LogP contribution in [0.25, 0.3) is 0 Å². The molecule has 23 heavy (non-hydrogen) atoms. The summed E-state index contributed by atoms with van der Waals surface area (Å²) in [4.78, 5) is 41.3. The normalized spacial score (nSPS) is 17.5. The van der Waals surface area contributed by atoms with Gasteiger partial charge in [-0.2, -0.15) is 0 Å². The van der Waals surface area contributed by atoms with Crippen molar-refractivity contribution < 1.29 is 19.1 Å². The summed E-state index contributed by atoms with van der Waals surface area (Å²) in [7, 11) is 1.31. The number of esters is 1. The van der Waals surface area contributed by atoms with E-state index in [-0.39, 0.29) is 36.7 Å². The van der Waals surface area contributed by atoms with E-state index >= 15 is 0 Å². The van der Waals surface area contributed by atoms with Crippen LogP contribution in [0.4, 0.5) is 0 Å². The van der Waals surface area contributed by atoms with Gasteiger partial charge in [-0.15, -0.1) is 0 Å². The van der Waals surface area contributed by atoms with Crippen LogP contribution in [0.3, 0.4) is 0 Å². The van der Waals surface area contributed by atoms with Gasteiger partial charge in [0.1, 0.15) is 0 Å². The first-order chi connectivity index (χ1) is 10.9. The fourth-order valence-electron chi connectivity index (χ4n) is 2.55. The second-order valence-electron chi connectivity index (χ2n) is 5.79. The van der Waals surface area contributed by atoms with Gasteiger partial charge in [0.2, 0.25) is 11.8 Å². The molecule has 0 aliphatic carbocycles. The van der Waals surface area contributed by atoms with E-state index in [4.69, 9.17) is 0 Å². The van der Waals surface area contributed by atoms with E-state index < -0.39 is 5.97 Å². The van der Waals surface area contributed by atoms with Crippen molar-refractivity contribution in [3.8, 4) is 0 Å². The lowest BCUT2D eigenvalue weighted by Crippen LogP contribution is -2.35. The first-order valence-corrected chi connectivity index (χ1v) is 7.52. The van der Waals surface area contributed by atoms with Crippen molar-refractivity contribution in [2.24, 2.45) is 5.92 Å². The molecule has 1 aromatic heterocycles. The molecule has 1 saturated heterocycles. The molecule has 1 aromatic rings. The first-order valence-electron chi connectivity index (χ1n) is 7.52. The van der Waals surface area contributed by atoms with Crippen LogP contribution in [0, 0.1) is 5.92 Å². The summed E-state index contributed by atoms with van der Waals surface area (Å²) in [5, 5.41) is 2.77. The molecule has 7 heteroatoms. The Hall–Kier alpha value is -2.44. The maximum atomic E-state index is 12.2. The van der Waals surface area contributed by atoms with E-state index in [9.17, 15) is 14.4 Å². The number of hydrogen-bond donors (Lipinski definition) is 1. The van der Waals surface area contributed by atoms with E-state index in [2.05, 4.69) is 15.0 Å². The minimum absolute atomic E-state index is 0.00552. The monoisotopic (exact) mass is 319 g/mol. The quantitative estimate of drug-likeness (QED) is 0.809. The maximum absolute atomic E-state index is 12.2. The fourth-order valence-corrected chi connectivity index (χ4v) is 2.55. The Kier molecular flexibility index (Phi) is 5.31. The molecule has 1 aliphatic rings. The van der Waals surface area contributed by atoms with Crippen molar-refractivity contribution in [1.29, 1.82) is 0 Å². The summed E-state index contributed by atoms with van der Waals surface area (Å²) < 4.78 is 4.65. The third-order valence-electron chi connectivity index (χ3n) is 3.83. The molecular weight excluding hydrogens is 298 g/mol. The van der Waals surface area contributed by atoms with E-state index in [1.807, 2.05) is 13.8 Å². The second-order valence-corrected chi connectivity index (χ2v) is 5.79. The highest BCUT2D eigenvalue weighted by molar-refractivity contribution is 5.90. The molecular formula is C16H21N3O4. The van der Waals surface area contributed by atoms with Crippen molar-refractivity contribution in [1.82, 2.24) is 15.2 Å². The van der Waals surface area contributed by atoms with Crippen LogP contribution >= 0.6 is 0 Å². The Bertz CT molecular complexity index is 615. The Morgan fingerprint density at radius 1 is 1.48 bits per heavy atom. The van der Waals surface area contributed by atoms with Gasteiger partial charge in [-0.05, 0) is 26.0 Å². The third kappa shape index (κ3) is 4.06. The molecule has 2 heterocycles. The average molecular weight is 319 g/mol. The third-order valence-corrected chi connectivity index (χ3v) is 3.83. The van der Waals surface area contributed by atoms with Gasteiger partial charge < -0.3 is 15.0 Å². The molecule has 0 radical (unpaired) electrons. The van der Waals surface area contributed by atoms with Crippen LogP contribution in [0.2, 0.25) is 0 Å². The van der Waals surface area contributed by atoms with Crippen LogP contribution in [0.15, 0.2) is 18.3 Å². The van der Waals surface area contributed by atoms with Gasteiger partial charge in [0.05, 0.1) is 30.8 Å². The Morgan fingerprint density at radius 2 is 2.22 bits per heavy atom. The Labute approximate surface area is 135 Å². The van der Waals surface area contributed by atoms with Gasteiger partial charge in [-0.25, -0.2) is 4.79 Å². The molecule has 7 nitrogen and oxygen atoms in total. The van der Waals surface area contributed by atoms with Crippen LogP contribution in [0.5, 0.6) is 0 Å². The van der Waals surface area contributed by atoms with Crippen LogP contribution < -0.4 is 5.32 Å². The Morgan fingerprint density at radius 3 is 2.83 bits per heavy atom. The molecule has 2 rings (SSSR count). The molecule has 2 amide bonds.